The number of nitrogens with one attached hydrogen (secondary N) is 1. The third-order valence-corrected chi connectivity index (χ3v) is 5.93. The van der Waals surface area contributed by atoms with E-state index in [4.69, 9.17) is 11.6 Å². The van der Waals surface area contributed by atoms with E-state index >= 15 is 0 Å². The summed E-state index contributed by atoms with van der Waals surface area (Å²) in [7, 11) is 0. The first-order valence-corrected chi connectivity index (χ1v) is 10.4. The highest BCUT2D eigenvalue weighted by atomic mass is 79.9. The summed E-state index contributed by atoms with van der Waals surface area (Å²) in [5, 5.41) is 17.0. The second kappa shape index (κ2) is 8.40. The first-order valence-electron chi connectivity index (χ1n) is 9.26. The van der Waals surface area contributed by atoms with Gasteiger partial charge >= 0.3 is 0 Å². The maximum absolute atomic E-state index is 6.40. The van der Waals surface area contributed by atoms with Gasteiger partial charge in [-0.2, -0.15) is 0 Å². The van der Waals surface area contributed by atoms with Crippen LogP contribution in [0.1, 0.15) is 55.6 Å². The molecule has 0 aliphatic heterocycles. The number of para-hydroxylation sites is 1. The highest BCUT2D eigenvalue weighted by Gasteiger charge is 2.26. The molecule has 5 nitrogen and oxygen atoms in total. The number of nitrogens with zero attached hydrogens (tertiary/aromatic N) is 4. The largest absolute Gasteiger partial charge is 0.370 e. The highest BCUT2D eigenvalue weighted by Crippen LogP contribution is 2.33. The number of anilines is 1. The molecule has 1 aliphatic carbocycles. The quantitative estimate of drug-likeness (QED) is 0.538. The van der Waals surface area contributed by atoms with Crippen molar-refractivity contribution in [2.45, 2.75) is 44.2 Å². The number of aromatic nitrogens is 4. The van der Waals surface area contributed by atoms with E-state index in [9.17, 15) is 0 Å². The summed E-state index contributed by atoms with van der Waals surface area (Å²) in [5.41, 5.74) is 1.95. The molecule has 0 saturated heterocycles. The molecule has 1 atom stereocenters. The third kappa shape index (κ3) is 4.17. The molecule has 0 amide bonds. The van der Waals surface area contributed by atoms with Crippen LogP contribution in [0.25, 0.3) is 0 Å². The molecule has 1 heterocycles. The summed E-state index contributed by atoms with van der Waals surface area (Å²) >= 11 is 9.91. The van der Waals surface area contributed by atoms with Gasteiger partial charge in [-0.15, -0.1) is 5.10 Å². The van der Waals surface area contributed by atoms with E-state index in [1.165, 1.54) is 19.3 Å². The molecule has 4 rings (SSSR count). The molecule has 1 N–H and O–H groups in total. The molecule has 0 radical (unpaired) electrons. The van der Waals surface area contributed by atoms with Crippen LogP contribution in [0, 0.1) is 0 Å². The minimum absolute atomic E-state index is 0.185. The smallest absolute Gasteiger partial charge is 0.178 e. The predicted octanol–water partition coefficient (Wildman–Crippen LogP) is 5.80. The Hall–Kier alpha value is -1.92. The summed E-state index contributed by atoms with van der Waals surface area (Å²) < 4.78 is 3.05. The number of benzene rings is 2. The fraction of sp³-hybridized carbons (Fsp3) is 0.350. The average molecular weight is 447 g/mol. The minimum Gasteiger partial charge on any atom is -0.370 e. The lowest BCUT2D eigenvalue weighted by molar-refractivity contribution is 0.315. The number of rotatable bonds is 5. The van der Waals surface area contributed by atoms with Crippen molar-refractivity contribution < 1.29 is 0 Å². The molecule has 1 fully saturated rings. The van der Waals surface area contributed by atoms with Crippen LogP contribution >= 0.6 is 27.5 Å². The van der Waals surface area contributed by atoms with Crippen LogP contribution in [-0.2, 0) is 0 Å². The molecule has 1 saturated carbocycles. The summed E-state index contributed by atoms with van der Waals surface area (Å²) in [6, 6.07) is 16.2. The predicted molar refractivity (Wildman–Crippen MR) is 111 cm³/mol. The van der Waals surface area contributed by atoms with Crippen LogP contribution < -0.4 is 5.32 Å². The van der Waals surface area contributed by atoms with Crippen molar-refractivity contribution in [3.63, 3.8) is 0 Å². The van der Waals surface area contributed by atoms with Crippen molar-refractivity contribution in [3.05, 3.63) is 69.4 Å². The minimum atomic E-state index is -0.185. The molecule has 0 unspecified atom stereocenters. The Kier molecular flexibility index (Phi) is 5.74. The van der Waals surface area contributed by atoms with Gasteiger partial charge in [0.1, 0.15) is 6.04 Å². The van der Waals surface area contributed by atoms with Crippen LogP contribution in [0.5, 0.6) is 0 Å². The molecule has 1 aliphatic rings. The van der Waals surface area contributed by atoms with Gasteiger partial charge in [-0.1, -0.05) is 71.1 Å². The summed E-state index contributed by atoms with van der Waals surface area (Å²) in [6.07, 6.45) is 5.99. The molecule has 1 aromatic heterocycles. The first kappa shape index (κ1) is 18.4. The SMILES string of the molecule is Clc1ccccc1N[C@H](c1ccc(Br)cc1)c1nnnn1C1CCCCC1. The van der Waals surface area contributed by atoms with Crippen molar-refractivity contribution in [2.24, 2.45) is 0 Å². The van der Waals surface area contributed by atoms with E-state index in [1.807, 2.05) is 41.1 Å². The summed E-state index contributed by atoms with van der Waals surface area (Å²) in [6.45, 7) is 0. The zero-order valence-electron chi connectivity index (χ0n) is 14.9. The highest BCUT2D eigenvalue weighted by molar-refractivity contribution is 9.10. The second-order valence-electron chi connectivity index (χ2n) is 6.88. The maximum atomic E-state index is 6.40. The van der Waals surface area contributed by atoms with Crippen LogP contribution in [0.15, 0.2) is 53.0 Å². The molecule has 0 bridgehead atoms. The molecular weight excluding hydrogens is 426 g/mol. The lowest BCUT2D eigenvalue weighted by atomic mass is 9.95. The van der Waals surface area contributed by atoms with Gasteiger partial charge in [0, 0.05) is 4.47 Å². The Balaban J connectivity index is 1.73. The van der Waals surface area contributed by atoms with Crippen molar-refractivity contribution >= 4 is 33.2 Å². The summed E-state index contributed by atoms with van der Waals surface area (Å²) in [4.78, 5) is 0. The fourth-order valence-electron chi connectivity index (χ4n) is 3.66. The summed E-state index contributed by atoms with van der Waals surface area (Å²) in [5.74, 6) is 0.823. The lowest BCUT2D eigenvalue weighted by Crippen LogP contribution is -2.23. The maximum Gasteiger partial charge on any atom is 0.178 e. The van der Waals surface area contributed by atoms with Crippen molar-refractivity contribution in [3.8, 4) is 0 Å². The zero-order valence-corrected chi connectivity index (χ0v) is 17.2. The molecule has 7 heteroatoms. The van der Waals surface area contributed by atoms with E-state index < -0.39 is 0 Å². The Morgan fingerprint density at radius 3 is 2.52 bits per heavy atom. The Labute approximate surface area is 172 Å². The number of hydrogen-bond acceptors (Lipinski definition) is 4. The molecule has 3 aromatic rings. The fourth-order valence-corrected chi connectivity index (χ4v) is 4.12. The Bertz CT molecular complexity index is 889. The zero-order chi connectivity index (χ0) is 18.6. The van der Waals surface area contributed by atoms with E-state index in [2.05, 4.69) is 48.9 Å². The van der Waals surface area contributed by atoms with Crippen LogP contribution in [0.2, 0.25) is 5.02 Å². The van der Waals surface area contributed by atoms with E-state index in [-0.39, 0.29) is 6.04 Å². The van der Waals surface area contributed by atoms with Crippen molar-refractivity contribution in [1.29, 1.82) is 0 Å². The van der Waals surface area contributed by atoms with Gasteiger partial charge < -0.3 is 5.32 Å². The molecule has 0 spiro atoms. The normalized spacial score (nSPS) is 16.2. The Morgan fingerprint density at radius 2 is 1.78 bits per heavy atom. The topological polar surface area (TPSA) is 55.6 Å². The van der Waals surface area contributed by atoms with Crippen molar-refractivity contribution in [1.82, 2.24) is 20.2 Å². The van der Waals surface area contributed by atoms with Gasteiger partial charge in [-0.25, -0.2) is 4.68 Å². The molecule has 27 heavy (non-hydrogen) atoms. The monoisotopic (exact) mass is 445 g/mol. The van der Waals surface area contributed by atoms with Gasteiger partial charge in [0.25, 0.3) is 0 Å². The molecule has 140 valence electrons. The lowest BCUT2D eigenvalue weighted by Gasteiger charge is -2.26. The molecular formula is C20H21BrClN5. The van der Waals surface area contributed by atoms with E-state index in [1.54, 1.807) is 0 Å². The average Bonchev–Trinajstić information content (AvgIpc) is 3.18. The van der Waals surface area contributed by atoms with Gasteiger partial charge in [-0.3, -0.25) is 0 Å². The van der Waals surface area contributed by atoms with E-state index in [0.717, 1.165) is 34.4 Å². The standard InChI is InChI=1S/C20H21BrClN5/c21-15-12-10-14(11-13-15)19(23-18-9-5-4-8-17(18)22)20-24-25-26-27(20)16-6-2-1-3-7-16/h4-5,8-13,16,19,23H,1-3,6-7H2/t19-/m1/s1. The second-order valence-corrected chi connectivity index (χ2v) is 8.21. The van der Waals surface area contributed by atoms with Crippen LogP contribution in [-0.4, -0.2) is 20.2 Å². The van der Waals surface area contributed by atoms with Crippen LogP contribution in [0.3, 0.4) is 0 Å². The Morgan fingerprint density at radius 1 is 1.04 bits per heavy atom. The number of tetrazole rings is 1. The third-order valence-electron chi connectivity index (χ3n) is 5.07. The van der Waals surface area contributed by atoms with E-state index in [0.29, 0.717) is 11.1 Å². The van der Waals surface area contributed by atoms with Crippen LogP contribution in [0.4, 0.5) is 5.69 Å². The van der Waals surface area contributed by atoms with Gasteiger partial charge in [0.15, 0.2) is 5.82 Å². The van der Waals surface area contributed by atoms with Gasteiger partial charge in [0.05, 0.1) is 16.8 Å². The van der Waals surface area contributed by atoms with Crippen molar-refractivity contribution in [2.75, 3.05) is 5.32 Å². The number of hydrogen-bond donors (Lipinski definition) is 1. The number of halogens is 2. The van der Waals surface area contributed by atoms with Gasteiger partial charge in [-0.05, 0) is 53.1 Å². The van der Waals surface area contributed by atoms with Gasteiger partial charge in [0.2, 0.25) is 0 Å². The molecule has 2 aromatic carbocycles. The first-order chi connectivity index (χ1) is 13.2.